The van der Waals surface area contributed by atoms with Gasteiger partial charge in [0.25, 0.3) is 17.2 Å². The number of nitro benzene ring substituents is 1. The average molecular weight is 437 g/mol. The topological polar surface area (TPSA) is 120 Å². The van der Waals surface area contributed by atoms with Gasteiger partial charge in [0, 0.05) is 18.3 Å². The number of amides is 1. The van der Waals surface area contributed by atoms with E-state index in [2.05, 4.69) is 15.3 Å². The van der Waals surface area contributed by atoms with Crippen LogP contribution in [0.1, 0.15) is 15.2 Å². The first-order valence-electron chi connectivity index (χ1n) is 8.68. The smallest absolute Gasteiger partial charge is 0.270 e. The predicted octanol–water partition coefficient (Wildman–Crippen LogP) is 3.99. The third-order valence-electron chi connectivity index (χ3n) is 4.56. The molecule has 0 saturated carbocycles. The lowest BCUT2D eigenvalue weighted by atomic mass is 10.3. The molecular formula is C19H11N5O4S2. The maximum atomic E-state index is 12.8. The van der Waals surface area contributed by atoms with Crippen LogP contribution < -0.4 is 10.9 Å². The Morgan fingerprint density at radius 1 is 1.20 bits per heavy atom. The minimum atomic E-state index is -0.480. The highest BCUT2D eigenvalue weighted by Crippen LogP contribution is 2.30. The van der Waals surface area contributed by atoms with Gasteiger partial charge in [-0.05, 0) is 30.7 Å². The van der Waals surface area contributed by atoms with E-state index in [1.807, 2.05) is 13.0 Å². The number of aromatic nitrogens is 3. The number of carbonyl (C=O) groups is 1. The molecule has 9 nitrogen and oxygen atoms in total. The van der Waals surface area contributed by atoms with Crippen LogP contribution in [0.25, 0.3) is 26.1 Å². The van der Waals surface area contributed by atoms with Gasteiger partial charge >= 0.3 is 0 Å². The quantitative estimate of drug-likeness (QED) is 0.337. The molecular weight excluding hydrogens is 426 g/mol. The number of non-ortho nitro benzene ring substituents is 1. The number of nitro groups is 1. The Morgan fingerprint density at radius 3 is 2.83 bits per heavy atom. The summed E-state index contributed by atoms with van der Waals surface area (Å²) in [6, 6.07) is 9.49. The van der Waals surface area contributed by atoms with Gasteiger partial charge in [-0.1, -0.05) is 17.4 Å². The fourth-order valence-electron chi connectivity index (χ4n) is 3.11. The zero-order chi connectivity index (χ0) is 21.0. The number of benzene rings is 1. The molecule has 1 N–H and O–H groups in total. The van der Waals surface area contributed by atoms with E-state index < -0.39 is 10.8 Å². The van der Waals surface area contributed by atoms with Crippen LogP contribution >= 0.6 is 22.7 Å². The molecule has 0 aliphatic carbocycles. The zero-order valence-corrected chi connectivity index (χ0v) is 16.9. The van der Waals surface area contributed by atoms with Crippen LogP contribution in [-0.2, 0) is 0 Å². The van der Waals surface area contributed by atoms with E-state index >= 15 is 0 Å². The molecule has 4 heterocycles. The first kappa shape index (κ1) is 18.3. The van der Waals surface area contributed by atoms with Gasteiger partial charge in [-0.2, -0.15) is 0 Å². The minimum absolute atomic E-state index is 0.0394. The lowest BCUT2D eigenvalue weighted by molar-refractivity contribution is -0.384. The molecule has 0 saturated heterocycles. The summed E-state index contributed by atoms with van der Waals surface area (Å²) >= 11 is 2.27. The van der Waals surface area contributed by atoms with Crippen LogP contribution in [0.2, 0.25) is 0 Å². The summed E-state index contributed by atoms with van der Waals surface area (Å²) < 4.78 is 2.06. The lowest BCUT2D eigenvalue weighted by Gasteiger charge is -2.02. The second-order valence-electron chi connectivity index (χ2n) is 6.51. The number of nitrogens with zero attached hydrogens (tertiary/aromatic N) is 4. The molecule has 0 bridgehead atoms. The summed E-state index contributed by atoms with van der Waals surface area (Å²) in [5, 5.41) is 14.3. The van der Waals surface area contributed by atoms with Crippen LogP contribution in [0.5, 0.6) is 0 Å². The summed E-state index contributed by atoms with van der Waals surface area (Å²) in [5.41, 5.74) is 1.69. The SMILES string of the molecule is Cc1cccn2c(=O)c3cc(C(=O)Nc4nc5ccc([N+](=O)[O-])cc5s4)sc3nc12. The van der Waals surface area contributed by atoms with Crippen LogP contribution in [0, 0.1) is 17.0 Å². The van der Waals surface area contributed by atoms with Crippen LogP contribution in [-0.4, -0.2) is 25.2 Å². The molecule has 0 unspecified atom stereocenters. The zero-order valence-electron chi connectivity index (χ0n) is 15.3. The molecule has 0 radical (unpaired) electrons. The fraction of sp³-hybridized carbons (Fsp3) is 0.0526. The molecule has 0 atom stereocenters. The van der Waals surface area contributed by atoms with E-state index in [1.165, 1.54) is 28.7 Å². The van der Waals surface area contributed by atoms with Crippen molar-refractivity contribution in [1.29, 1.82) is 0 Å². The van der Waals surface area contributed by atoms with E-state index in [1.54, 1.807) is 12.3 Å². The number of rotatable bonds is 3. The number of anilines is 1. The van der Waals surface area contributed by atoms with Gasteiger partial charge in [0.1, 0.15) is 10.5 Å². The molecule has 4 aromatic heterocycles. The number of thiazole rings is 1. The Labute approximate surface area is 175 Å². The van der Waals surface area contributed by atoms with Gasteiger partial charge in [0.2, 0.25) is 0 Å². The van der Waals surface area contributed by atoms with Crippen molar-refractivity contribution in [1.82, 2.24) is 14.4 Å². The molecule has 5 rings (SSSR count). The summed E-state index contributed by atoms with van der Waals surface area (Å²) in [7, 11) is 0. The maximum Gasteiger partial charge on any atom is 0.270 e. The van der Waals surface area contributed by atoms with Gasteiger partial charge in [-0.3, -0.25) is 29.4 Å². The highest BCUT2D eigenvalue weighted by atomic mass is 32.1. The van der Waals surface area contributed by atoms with E-state index in [9.17, 15) is 19.7 Å². The van der Waals surface area contributed by atoms with Crippen molar-refractivity contribution in [2.75, 3.05) is 5.32 Å². The number of nitrogens with one attached hydrogen (secondary N) is 1. The molecule has 1 amide bonds. The second kappa shape index (κ2) is 6.68. The van der Waals surface area contributed by atoms with Crippen LogP contribution in [0.15, 0.2) is 47.4 Å². The number of fused-ring (bicyclic) bond motifs is 3. The van der Waals surface area contributed by atoms with Crippen molar-refractivity contribution in [3.8, 4) is 0 Å². The Hall–Kier alpha value is -3.70. The predicted molar refractivity (Wildman–Crippen MR) is 116 cm³/mol. The summed E-state index contributed by atoms with van der Waals surface area (Å²) in [6.45, 7) is 1.87. The first-order valence-corrected chi connectivity index (χ1v) is 10.3. The number of hydrogen-bond donors (Lipinski definition) is 1. The van der Waals surface area contributed by atoms with Crippen molar-refractivity contribution in [2.24, 2.45) is 0 Å². The van der Waals surface area contributed by atoms with E-state index in [-0.39, 0.29) is 11.2 Å². The number of pyridine rings is 1. The lowest BCUT2D eigenvalue weighted by Crippen LogP contribution is -2.14. The molecule has 30 heavy (non-hydrogen) atoms. The highest BCUT2D eigenvalue weighted by Gasteiger charge is 2.17. The van der Waals surface area contributed by atoms with Gasteiger partial charge in [-0.15, -0.1) is 11.3 Å². The van der Waals surface area contributed by atoms with E-state index in [0.29, 0.717) is 36.1 Å². The molecule has 0 aliphatic rings. The van der Waals surface area contributed by atoms with Crippen molar-refractivity contribution in [3.63, 3.8) is 0 Å². The molecule has 0 aliphatic heterocycles. The maximum absolute atomic E-state index is 12.8. The normalized spacial score (nSPS) is 11.4. The average Bonchev–Trinajstić information content (AvgIpc) is 3.32. The first-order chi connectivity index (χ1) is 14.4. The Kier molecular flexibility index (Phi) is 4.08. The third-order valence-corrected chi connectivity index (χ3v) is 6.52. The van der Waals surface area contributed by atoms with Crippen LogP contribution in [0.4, 0.5) is 10.8 Å². The standard InChI is InChI=1S/C19H11N5O4S2/c1-9-3-2-6-23-15(9)21-17-11(18(23)26)8-14(29-17)16(25)22-19-20-12-5-4-10(24(27)28)7-13(12)30-19/h2-8H,1H3,(H,20,22,25). The van der Waals surface area contributed by atoms with Crippen molar-refractivity contribution in [3.05, 3.63) is 73.5 Å². The van der Waals surface area contributed by atoms with Crippen molar-refractivity contribution >= 4 is 65.5 Å². The number of hydrogen-bond acceptors (Lipinski definition) is 8. The third kappa shape index (κ3) is 2.91. The van der Waals surface area contributed by atoms with Gasteiger partial charge < -0.3 is 0 Å². The van der Waals surface area contributed by atoms with E-state index in [4.69, 9.17) is 0 Å². The van der Waals surface area contributed by atoms with Crippen LogP contribution in [0.3, 0.4) is 0 Å². The van der Waals surface area contributed by atoms with E-state index in [0.717, 1.165) is 28.2 Å². The fourth-order valence-corrected chi connectivity index (χ4v) is 4.92. The van der Waals surface area contributed by atoms with Gasteiger partial charge in [0.15, 0.2) is 5.13 Å². The molecule has 0 spiro atoms. The van der Waals surface area contributed by atoms with Crippen molar-refractivity contribution < 1.29 is 9.72 Å². The minimum Gasteiger partial charge on any atom is -0.297 e. The summed E-state index contributed by atoms with van der Waals surface area (Å²) in [5.74, 6) is -0.420. The summed E-state index contributed by atoms with van der Waals surface area (Å²) in [4.78, 5) is 45.6. The number of thiophene rings is 1. The van der Waals surface area contributed by atoms with Crippen molar-refractivity contribution in [2.45, 2.75) is 6.92 Å². The molecule has 0 fully saturated rings. The van der Waals surface area contributed by atoms with Gasteiger partial charge in [-0.25, -0.2) is 9.97 Å². The molecule has 11 heteroatoms. The van der Waals surface area contributed by atoms with Gasteiger partial charge in [0.05, 0.1) is 25.4 Å². The second-order valence-corrected chi connectivity index (χ2v) is 8.57. The largest absolute Gasteiger partial charge is 0.297 e. The molecule has 148 valence electrons. The highest BCUT2D eigenvalue weighted by molar-refractivity contribution is 7.23. The number of aryl methyl sites for hydroxylation is 1. The summed E-state index contributed by atoms with van der Waals surface area (Å²) in [6.07, 6.45) is 1.65. The Bertz CT molecular complexity index is 1570. The monoisotopic (exact) mass is 437 g/mol. The Balaban J connectivity index is 1.52. The number of carbonyl (C=O) groups excluding carboxylic acids is 1. The molecule has 5 aromatic rings. The Morgan fingerprint density at radius 2 is 2.03 bits per heavy atom. The molecule has 1 aromatic carbocycles.